The second kappa shape index (κ2) is 32.9. The van der Waals surface area contributed by atoms with Gasteiger partial charge in [0.05, 0.1) is 54.8 Å². The van der Waals surface area contributed by atoms with Crippen LogP contribution in [0.1, 0.15) is 189 Å². The maximum Gasteiger partial charge on any atom is 0.483 e. The van der Waals surface area contributed by atoms with E-state index in [4.69, 9.17) is 9.89 Å². The number of ketones is 6. The van der Waals surface area contributed by atoms with Gasteiger partial charge in [-0.2, -0.15) is 15.3 Å². The minimum Gasteiger partial charge on any atom is -0.300 e. The molecule has 15 heteroatoms. The molecule has 0 N–H and O–H groups in total. The number of benzene rings is 9. The molecule has 9 aromatic carbocycles. The number of Topliss-reactive ketones (excluding diaryl/α,β-unsaturated/α-hetero) is 6. The number of aromatic nitrogens is 6. The molecule has 0 amide bonds. The van der Waals surface area contributed by atoms with E-state index < -0.39 is 6.29 Å². The van der Waals surface area contributed by atoms with Crippen LogP contribution in [0.15, 0.2) is 225 Å². The maximum atomic E-state index is 13.5. The van der Waals surface area contributed by atoms with Gasteiger partial charge >= 0.3 is 6.29 Å². The highest BCUT2D eigenvalue weighted by Crippen LogP contribution is 2.65. The van der Waals surface area contributed by atoms with E-state index in [-0.39, 0.29) is 23.3 Å². The van der Waals surface area contributed by atoms with Crippen molar-refractivity contribution in [2.75, 3.05) is 0 Å². The van der Waals surface area contributed by atoms with Crippen molar-refractivity contribution < 1.29 is 42.3 Å². The quantitative estimate of drug-likeness (QED) is 0.0443. The summed E-state index contributed by atoms with van der Waals surface area (Å²) in [5.41, 5.74) is 19.3. The largest absolute Gasteiger partial charge is 0.483 e. The van der Waals surface area contributed by atoms with E-state index in [0.29, 0.717) is 102 Å². The minimum atomic E-state index is -2.83. The van der Waals surface area contributed by atoms with Gasteiger partial charge in [0, 0.05) is 70.9 Å². The predicted molar refractivity (Wildman–Crippen MR) is 441 cm³/mol. The highest BCUT2D eigenvalue weighted by atomic mass is 19.3. The van der Waals surface area contributed by atoms with Gasteiger partial charge in [0.1, 0.15) is 17.3 Å². The van der Waals surface area contributed by atoms with Gasteiger partial charge in [-0.25, -0.2) is 4.79 Å². The van der Waals surface area contributed by atoms with Crippen LogP contribution >= 0.6 is 0 Å². The van der Waals surface area contributed by atoms with E-state index in [1.54, 1.807) is 20.8 Å². The highest BCUT2D eigenvalue weighted by Gasteiger charge is 2.55. The number of halogens is 2. The Bertz CT molecular complexity index is 5490. The second-order valence-corrected chi connectivity index (χ2v) is 34.3. The maximum absolute atomic E-state index is 13.5. The molecule has 0 saturated heterocycles. The first-order valence-electron chi connectivity index (χ1n) is 40.2. The van der Waals surface area contributed by atoms with Crippen LogP contribution in [-0.4, -0.2) is 70.3 Å². The Morgan fingerprint density at radius 1 is 0.354 bits per heavy atom. The molecule has 6 saturated carbocycles. The first-order chi connectivity index (χ1) is 54.5. The van der Waals surface area contributed by atoms with Gasteiger partial charge in [0.2, 0.25) is 0 Å². The summed E-state index contributed by atoms with van der Waals surface area (Å²) in [6.45, 7) is 11.1. The van der Waals surface area contributed by atoms with Crippen LogP contribution in [-0.2, 0) is 34.0 Å². The van der Waals surface area contributed by atoms with Crippen molar-refractivity contribution in [1.29, 1.82) is 0 Å². The summed E-state index contributed by atoms with van der Waals surface area (Å²) < 4.78 is 25.3. The highest BCUT2D eigenvalue weighted by molar-refractivity contribution is 6.09. The molecule has 18 rings (SSSR count). The summed E-state index contributed by atoms with van der Waals surface area (Å²) >= 11 is 0. The van der Waals surface area contributed by atoms with E-state index in [0.717, 1.165) is 141 Å². The lowest BCUT2D eigenvalue weighted by molar-refractivity contribution is -0.136. The fourth-order valence-corrected chi connectivity index (χ4v) is 20.5. The third-order valence-electron chi connectivity index (χ3n) is 25.4. The molecule has 0 unspecified atom stereocenters. The fraction of sp³-hybridized carbons (Fsp3) is 0.347. The molecule has 6 aliphatic rings. The van der Waals surface area contributed by atoms with Crippen LogP contribution in [0.5, 0.6) is 0 Å². The number of rotatable bonds is 23. The number of aryl methyl sites for hydroxylation is 2. The van der Waals surface area contributed by atoms with Crippen LogP contribution in [0.3, 0.4) is 0 Å². The van der Waals surface area contributed by atoms with Crippen molar-refractivity contribution in [3.05, 3.63) is 269 Å². The Morgan fingerprint density at radius 2 is 0.690 bits per heavy atom. The monoisotopic (exact) mass is 1510 g/mol. The Morgan fingerprint density at radius 3 is 1.09 bits per heavy atom. The minimum absolute atomic E-state index is 0.215. The summed E-state index contributed by atoms with van der Waals surface area (Å²) in [6.07, 6.45) is 19.5. The lowest BCUT2D eigenvalue weighted by Gasteiger charge is -2.58. The average molecular weight is 1510 g/mol. The number of hydrogen-bond donors (Lipinski definition) is 0. The number of carbonyl (C=O) groups is 7. The predicted octanol–water partition coefficient (Wildman–Crippen LogP) is 22.6. The van der Waals surface area contributed by atoms with Crippen molar-refractivity contribution in [3.8, 4) is 33.4 Å². The van der Waals surface area contributed by atoms with E-state index in [2.05, 4.69) is 175 Å². The van der Waals surface area contributed by atoms with E-state index in [9.17, 15) is 37.5 Å². The van der Waals surface area contributed by atoms with Crippen molar-refractivity contribution in [3.63, 3.8) is 0 Å². The van der Waals surface area contributed by atoms with Gasteiger partial charge in [-0.15, -0.1) is 8.78 Å². The molecule has 6 aliphatic carbocycles. The van der Waals surface area contributed by atoms with Crippen molar-refractivity contribution in [2.45, 2.75) is 163 Å². The molecule has 113 heavy (non-hydrogen) atoms. The fourth-order valence-electron chi connectivity index (χ4n) is 20.5. The normalized spacial score (nSPS) is 22.2. The van der Waals surface area contributed by atoms with Gasteiger partial charge in [0.15, 0.2) is 17.3 Å². The molecule has 0 aliphatic heterocycles. The Hall–Kier alpha value is -11.1. The molecule has 0 atom stereocenters. The number of carbonyl (C=O) groups excluding carboxylic acids is 7. The molecule has 3 heterocycles. The van der Waals surface area contributed by atoms with Gasteiger partial charge in [-0.05, 0) is 243 Å². The average Bonchev–Trinajstić information content (AvgIpc) is 1.28. The van der Waals surface area contributed by atoms with Crippen molar-refractivity contribution in [1.82, 2.24) is 29.3 Å². The molecule has 576 valence electrons. The molecule has 12 aromatic rings. The van der Waals surface area contributed by atoms with E-state index >= 15 is 0 Å². The number of hydrogen-bond acceptors (Lipinski definition) is 10. The van der Waals surface area contributed by atoms with Crippen LogP contribution in [0.2, 0.25) is 0 Å². The first kappa shape index (κ1) is 77.3. The lowest BCUT2D eigenvalue weighted by Crippen LogP contribution is -2.49. The molecular formula is C98H98F2N6O7. The summed E-state index contributed by atoms with van der Waals surface area (Å²) in [4.78, 5) is 82.9. The summed E-state index contributed by atoms with van der Waals surface area (Å²) in [5.74, 6) is 4.36. The first-order valence-corrected chi connectivity index (χ1v) is 40.2. The zero-order valence-electron chi connectivity index (χ0n) is 65.3. The summed E-state index contributed by atoms with van der Waals surface area (Å²) in [5, 5.41) is 17.1. The Balaban J connectivity index is 0.000000131. The number of fused-ring (bicyclic) bond motifs is 3. The third-order valence-corrected chi connectivity index (χ3v) is 25.4. The van der Waals surface area contributed by atoms with Crippen LogP contribution < -0.4 is 0 Å². The van der Waals surface area contributed by atoms with E-state index in [1.165, 1.54) is 59.1 Å². The summed E-state index contributed by atoms with van der Waals surface area (Å²) in [6, 6.07) is 71.1. The third kappa shape index (κ3) is 17.6. The van der Waals surface area contributed by atoms with Crippen LogP contribution in [0, 0.1) is 65.6 Å². The lowest BCUT2D eigenvalue weighted by atomic mass is 9.47. The molecule has 3 spiro atoms. The summed E-state index contributed by atoms with van der Waals surface area (Å²) in [7, 11) is 0. The van der Waals surface area contributed by atoms with Gasteiger partial charge in [-0.1, -0.05) is 182 Å². The zero-order valence-corrected chi connectivity index (χ0v) is 65.3. The number of para-hydroxylation sites is 1. The van der Waals surface area contributed by atoms with Crippen molar-refractivity contribution in [2.24, 2.45) is 51.8 Å². The van der Waals surface area contributed by atoms with Gasteiger partial charge < -0.3 is 9.59 Å². The van der Waals surface area contributed by atoms with Gasteiger partial charge in [-0.3, -0.25) is 33.2 Å². The van der Waals surface area contributed by atoms with Crippen LogP contribution in [0.4, 0.5) is 13.6 Å². The molecule has 0 radical (unpaired) electrons. The van der Waals surface area contributed by atoms with E-state index in [1.807, 2.05) is 88.1 Å². The Kier molecular flexibility index (Phi) is 22.5. The SMILES string of the molecule is CC(=O)C1CC2(CC(CC(=O)c3cc(C)cc4cnn(Cc5ccc(-c6ccccc6)cc5)c34)C2)C1.CC(=O)CC1CC2(C1)CC(CC(=O)c1ccc(C)c3cnn(Cc4ccc(-c5ccccc5)cc4)c13)C2.CC(=O)CC1CC2(C1)CC(CC(=O)c1cccc3cnn(Cc4ccc(-c5ccccc5)cc4)c13)C2.O=C(F)F. The van der Waals surface area contributed by atoms with Crippen molar-refractivity contribution >= 4 is 73.7 Å². The standard InChI is InChI=1S/C33H34N2O2.2C32H32N2O2.CF2O/c1-22-8-13-29(31(37)15-26-18-33(19-26)16-25(17-33)14-23(2)36)32-30(22)20-34-35(32)21-24-9-11-28(12-10-24)27-6-4-3-5-7-27;1-21-12-27-19-33-34(20-23-8-10-26(11-9-23)25-6-4-3-5-7-25)31(27)29(13-21)30(36)14-24-15-32(16-24)17-28(18-32)22(2)35;1-22(35)14-24-16-32(17-24)18-25(19-32)15-30(36)29-9-5-8-28-20-33-34(31(28)29)21-23-10-12-27(13-11-23)26-6-3-2-4-7-26;2-1(3)4/h3-13,20,25-26H,14-19,21H2,1-2H3;3-13,19,24,28H,14-18,20H2,1-2H3;2-13,20,24-25H,14-19,21H2,1H3;. The molecule has 3 aromatic heterocycles. The molecular weight excluding hydrogens is 1410 g/mol. The zero-order chi connectivity index (χ0) is 78.7. The molecule has 0 bridgehead atoms. The molecule has 6 fully saturated rings. The second-order valence-electron chi connectivity index (χ2n) is 34.3. The smallest absolute Gasteiger partial charge is 0.300 e. The molecule has 13 nitrogen and oxygen atoms in total. The van der Waals surface area contributed by atoms with Crippen LogP contribution in [0.25, 0.3) is 66.1 Å². The Labute approximate surface area is 659 Å². The topological polar surface area (TPSA) is 173 Å². The van der Waals surface area contributed by atoms with Gasteiger partial charge in [0.25, 0.3) is 0 Å². The number of nitrogens with zero attached hydrogens (tertiary/aromatic N) is 6.